The van der Waals surface area contributed by atoms with E-state index in [4.69, 9.17) is 4.74 Å². The Bertz CT molecular complexity index is 624. The van der Waals surface area contributed by atoms with Crippen molar-refractivity contribution in [2.45, 2.75) is 53.1 Å². The van der Waals surface area contributed by atoms with Crippen molar-refractivity contribution in [1.29, 1.82) is 0 Å². The summed E-state index contributed by atoms with van der Waals surface area (Å²) in [5.41, 5.74) is 2.03. The number of nitrogens with one attached hydrogen (secondary N) is 1. The first kappa shape index (κ1) is 21.9. The van der Waals surface area contributed by atoms with E-state index in [1.54, 1.807) is 0 Å². The van der Waals surface area contributed by atoms with Gasteiger partial charge in [-0.15, -0.1) is 0 Å². The summed E-state index contributed by atoms with van der Waals surface area (Å²) in [6, 6.07) is 8.06. The molecule has 0 spiro atoms. The summed E-state index contributed by atoms with van der Waals surface area (Å²) in [6.45, 7) is 14.4. The average molecular weight is 356 g/mol. The summed E-state index contributed by atoms with van der Waals surface area (Å²) in [5.74, 6) is 1.08. The van der Waals surface area contributed by atoms with Crippen LogP contribution in [0, 0.1) is 5.92 Å². The smallest absolute Gasteiger partial charge is 0.152 e. The van der Waals surface area contributed by atoms with Gasteiger partial charge in [0.05, 0.1) is 6.04 Å². The fourth-order valence-corrected chi connectivity index (χ4v) is 2.53. The molecule has 1 unspecified atom stereocenters. The second-order valence-electron chi connectivity index (χ2n) is 7.11. The molecule has 0 saturated carbocycles. The fraction of sp³-hybridized carbons (Fsp3) is 0.435. The predicted octanol–water partition coefficient (Wildman–Crippen LogP) is 4.89. The van der Waals surface area contributed by atoms with Gasteiger partial charge in [-0.05, 0) is 36.6 Å². The van der Waals surface area contributed by atoms with Crippen LogP contribution in [0.3, 0.4) is 0 Å². The molecule has 1 aromatic rings. The van der Waals surface area contributed by atoms with Gasteiger partial charge in [0.15, 0.2) is 5.78 Å². The largest absolute Gasteiger partial charge is 0.489 e. The fourth-order valence-electron chi connectivity index (χ4n) is 2.53. The van der Waals surface area contributed by atoms with Gasteiger partial charge in [-0.3, -0.25) is 4.79 Å². The van der Waals surface area contributed by atoms with Crippen LogP contribution >= 0.6 is 0 Å². The molecule has 26 heavy (non-hydrogen) atoms. The maximum Gasteiger partial charge on any atom is 0.152 e. The number of benzene rings is 1. The Hall–Kier alpha value is -2.13. The SMILES string of the molecule is C=C(C=CC=CC)COc1ccc(CC(NC(C)C)C(=O)C(C)C)cc1. The van der Waals surface area contributed by atoms with E-state index < -0.39 is 0 Å². The van der Waals surface area contributed by atoms with Gasteiger partial charge in [0, 0.05) is 12.0 Å². The molecule has 3 nitrogen and oxygen atoms in total. The summed E-state index contributed by atoms with van der Waals surface area (Å²) < 4.78 is 5.75. The molecule has 0 saturated heterocycles. The quantitative estimate of drug-likeness (QED) is 0.575. The van der Waals surface area contributed by atoms with E-state index >= 15 is 0 Å². The average Bonchev–Trinajstić information content (AvgIpc) is 2.59. The molecule has 0 aromatic heterocycles. The van der Waals surface area contributed by atoms with Crippen LogP contribution in [0.1, 0.15) is 40.2 Å². The van der Waals surface area contributed by atoms with Gasteiger partial charge >= 0.3 is 0 Å². The third-order valence-electron chi connectivity index (χ3n) is 3.87. The molecule has 1 atom stereocenters. The third kappa shape index (κ3) is 8.30. The number of allylic oxidation sites excluding steroid dienone is 3. The van der Waals surface area contributed by atoms with E-state index in [1.807, 2.05) is 69.3 Å². The first-order valence-corrected chi connectivity index (χ1v) is 9.32. The van der Waals surface area contributed by atoms with E-state index in [2.05, 4.69) is 25.7 Å². The zero-order valence-corrected chi connectivity index (χ0v) is 16.8. The minimum Gasteiger partial charge on any atom is -0.489 e. The van der Waals surface area contributed by atoms with Crippen LogP contribution in [0.25, 0.3) is 0 Å². The van der Waals surface area contributed by atoms with Crippen LogP contribution in [0.5, 0.6) is 5.75 Å². The molecule has 0 amide bonds. The summed E-state index contributed by atoms with van der Waals surface area (Å²) in [5, 5.41) is 3.38. The van der Waals surface area contributed by atoms with Gasteiger partial charge < -0.3 is 10.1 Å². The van der Waals surface area contributed by atoms with Gasteiger partial charge in [0.25, 0.3) is 0 Å². The van der Waals surface area contributed by atoms with Gasteiger partial charge in [-0.25, -0.2) is 0 Å². The minimum absolute atomic E-state index is 0.0236. The summed E-state index contributed by atoms with van der Waals surface area (Å²) in [7, 11) is 0. The van der Waals surface area contributed by atoms with Gasteiger partial charge in [-0.1, -0.05) is 70.7 Å². The maximum atomic E-state index is 12.4. The molecular formula is C23H33NO2. The molecule has 0 fully saturated rings. The van der Waals surface area contributed by atoms with Crippen molar-refractivity contribution in [3.05, 3.63) is 66.3 Å². The van der Waals surface area contributed by atoms with E-state index in [0.717, 1.165) is 16.9 Å². The van der Waals surface area contributed by atoms with Crippen molar-refractivity contribution in [3.8, 4) is 5.75 Å². The highest BCUT2D eigenvalue weighted by Gasteiger charge is 2.22. The maximum absolute atomic E-state index is 12.4. The highest BCUT2D eigenvalue weighted by atomic mass is 16.5. The van der Waals surface area contributed by atoms with Crippen molar-refractivity contribution in [3.63, 3.8) is 0 Å². The van der Waals surface area contributed by atoms with Crippen molar-refractivity contribution in [1.82, 2.24) is 5.32 Å². The molecule has 0 aliphatic carbocycles. The van der Waals surface area contributed by atoms with Crippen LogP contribution in [0.4, 0.5) is 0 Å². The van der Waals surface area contributed by atoms with Gasteiger partial charge in [0.2, 0.25) is 0 Å². The minimum atomic E-state index is -0.154. The van der Waals surface area contributed by atoms with Crippen molar-refractivity contribution >= 4 is 5.78 Å². The van der Waals surface area contributed by atoms with E-state index in [0.29, 0.717) is 13.0 Å². The Balaban J connectivity index is 2.64. The Kier molecular flexibility index (Phi) is 9.67. The Labute approximate surface area is 158 Å². The van der Waals surface area contributed by atoms with Crippen LogP contribution in [-0.2, 0) is 11.2 Å². The lowest BCUT2D eigenvalue weighted by molar-refractivity contribution is -0.124. The highest BCUT2D eigenvalue weighted by molar-refractivity contribution is 5.86. The molecule has 0 radical (unpaired) electrons. The number of ketones is 1. The van der Waals surface area contributed by atoms with Crippen molar-refractivity contribution in [2.75, 3.05) is 6.61 Å². The number of carbonyl (C=O) groups excluding carboxylic acids is 1. The normalized spacial score (nSPS) is 13.0. The lowest BCUT2D eigenvalue weighted by atomic mass is 9.95. The first-order valence-electron chi connectivity index (χ1n) is 9.32. The zero-order valence-electron chi connectivity index (χ0n) is 16.8. The summed E-state index contributed by atoms with van der Waals surface area (Å²) in [6.07, 6.45) is 8.50. The van der Waals surface area contributed by atoms with Gasteiger partial charge in [0.1, 0.15) is 12.4 Å². The van der Waals surface area contributed by atoms with Crippen molar-refractivity contribution in [2.24, 2.45) is 5.92 Å². The Morgan fingerprint density at radius 1 is 1.15 bits per heavy atom. The third-order valence-corrected chi connectivity index (χ3v) is 3.87. The number of hydrogen-bond acceptors (Lipinski definition) is 3. The predicted molar refractivity (Wildman–Crippen MR) is 111 cm³/mol. The van der Waals surface area contributed by atoms with Gasteiger partial charge in [-0.2, -0.15) is 0 Å². The number of rotatable bonds is 11. The zero-order chi connectivity index (χ0) is 19.5. The monoisotopic (exact) mass is 355 g/mol. The highest BCUT2D eigenvalue weighted by Crippen LogP contribution is 2.16. The molecular weight excluding hydrogens is 322 g/mol. The van der Waals surface area contributed by atoms with E-state index in [9.17, 15) is 4.79 Å². The van der Waals surface area contributed by atoms with Crippen molar-refractivity contribution < 1.29 is 9.53 Å². The number of Topliss-reactive ketones (excluding diaryl/α,β-unsaturated/α-hetero) is 1. The lowest BCUT2D eigenvalue weighted by Gasteiger charge is -2.22. The Morgan fingerprint density at radius 3 is 2.35 bits per heavy atom. The van der Waals surface area contributed by atoms with Crippen LogP contribution < -0.4 is 10.1 Å². The number of carbonyl (C=O) groups is 1. The molecule has 3 heteroatoms. The second-order valence-corrected chi connectivity index (χ2v) is 7.11. The number of ether oxygens (including phenoxy) is 1. The standard InChI is InChI=1S/C23H33NO2/c1-7-8-9-10-19(6)16-26-21-13-11-20(12-14-21)15-22(24-18(4)5)23(25)17(2)3/h7-14,17-18,22,24H,6,15-16H2,1-5H3. The first-order chi connectivity index (χ1) is 12.3. The molecule has 142 valence electrons. The molecule has 1 N–H and O–H groups in total. The molecule has 0 aliphatic rings. The molecule has 0 heterocycles. The van der Waals surface area contributed by atoms with Crippen LogP contribution in [0.2, 0.25) is 0 Å². The molecule has 0 aliphatic heterocycles. The van der Waals surface area contributed by atoms with Crippen LogP contribution in [0.15, 0.2) is 60.7 Å². The number of hydrogen-bond donors (Lipinski definition) is 1. The van der Waals surface area contributed by atoms with Crippen LogP contribution in [-0.4, -0.2) is 24.5 Å². The molecule has 1 rings (SSSR count). The summed E-state index contributed by atoms with van der Waals surface area (Å²) >= 11 is 0. The van der Waals surface area contributed by atoms with E-state index in [-0.39, 0.29) is 23.8 Å². The molecule has 0 bridgehead atoms. The lowest BCUT2D eigenvalue weighted by Crippen LogP contribution is -2.44. The molecule has 1 aromatic carbocycles. The topological polar surface area (TPSA) is 38.3 Å². The Morgan fingerprint density at radius 2 is 1.81 bits per heavy atom. The van der Waals surface area contributed by atoms with E-state index in [1.165, 1.54) is 0 Å². The second kappa shape index (κ2) is 11.5. The summed E-state index contributed by atoms with van der Waals surface area (Å²) in [4.78, 5) is 12.4.